The lowest BCUT2D eigenvalue weighted by atomic mass is 9.68. The predicted octanol–water partition coefficient (Wildman–Crippen LogP) is 6.35. The number of nitrogens with zero attached hydrogens (tertiary/aromatic N) is 2. The second kappa shape index (κ2) is 16.0. The molecule has 1 fully saturated rings. The van der Waals surface area contributed by atoms with E-state index in [9.17, 15) is 24.9 Å². The maximum absolute atomic E-state index is 13.5. The summed E-state index contributed by atoms with van der Waals surface area (Å²) in [6.07, 6.45) is 3.35. The summed E-state index contributed by atoms with van der Waals surface area (Å²) in [6.45, 7) is 6.30. The second-order valence-electron chi connectivity index (χ2n) is 15.0. The van der Waals surface area contributed by atoms with Crippen LogP contribution in [-0.2, 0) is 14.0 Å². The van der Waals surface area contributed by atoms with Crippen LogP contribution < -0.4 is 10.4 Å². The Labute approximate surface area is 321 Å². The van der Waals surface area contributed by atoms with E-state index in [0.29, 0.717) is 23.3 Å². The van der Waals surface area contributed by atoms with Crippen molar-refractivity contribution in [3.63, 3.8) is 0 Å². The number of carbonyl (C=O) groups is 2. The summed E-state index contributed by atoms with van der Waals surface area (Å²) in [7, 11) is -1.53. The largest absolute Gasteiger partial charge is 0.507 e. The van der Waals surface area contributed by atoms with E-state index >= 15 is 0 Å². The number of fused-ring (bicyclic) bond motifs is 1. The van der Waals surface area contributed by atoms with Gasteiger partial charge in [0.2, 0.25) is 11.8 Å². The number of amides is 2. The van der Waals surface area contributed by atoms with Crippen molar-refractivity contribution in [3.8, 4) is 5.75 Å². The summed E-state index contributed by atoms with van der Waals surface area (Å²) in [6, 6.07) is 31.3. The van der Waals surface area contributed by atoms with E-state index in [2.05, 4.69) is 66.0 Å². The molecular weight excluding hydrogens is 748 g/mol. The highest BCUT2D eigenvalue weighted by atomic mass is 79.9. The SMILES string of the molecule is CN1C(=O)[C@@H]2[C@@H](CC(CO[Si](c3ccccc3)(c3ccccc3)C(C)(C)C)=C([C@H](O)CC/C(=C/c3cc(Br)ccc3O)c3ccccn3)[C@@H]2CO)C1=O. The molecule has 6 rings (SSSR count). The molecule has 1 saturated heterocycles. The highest BCUT2D eigenvalue weighted by Gasteiger charge is 2.55. The van der Waals surface area contributed by atoms with Gasteiger partial charge in [-0.25, -0.2) is 0 Å². The topological polar surface area (TPSA) is 120 Å². The summed E-state index contributed by atoms with van der Waals surface area (Å²) in [5, 5.41) is 35.8. The lowest BCUT2D eigenvalue weighted by Gasteiger charge is -2.44. The van der Waals surface area contributed by atoms with Gasteiger partial charge in [0, 0.05) is 29.2 Å². The summed E-state index contributed by atoms with van der Waals surface area (Å²) in [5.74, 6) is -2.69. The molecule has 276 valence electrons. The Morgan fingerprint density at radius 1 is 0.981 bits per heavy atom. The first-order valence-corrected chi connectivity index (χ1v) is 20.7. The van der Waals surface area contributed by atoms with Gasteiger partial charge in [0.1, 0.15) is 5.75 Å². The maximum Gasteiger partial charge on any atom is 0.261 e. The Balaban J connectivity index is 1.43. The number of likely N-dealkylation sites (tertiary alicyclic amines) is 1. The van der Waals surface area contributed by atoms with Crippen molar-refractivity contribution in [2.45, 2.75) is 51.2 Å². The molecule has 2 amide bonds. The molecule has 1 aliphatic carbocycles. The zero-order valence-corrected chi connectivity index (χ0v) is 33.2. The number of aromatic hydroxyl groups is 1. The number of phenolic OH excluding ortho intramolecular Hbond substituents is 1. The van der Waals surface area contributed by atoms with Crippen LogP contribution in [0.4, 0.5) is 0 Å². The molecule has 1 aliphatic heterocycles. The molecule has 2 heterocycles. The molecule has 0 radical (unpaired) electrons. The maximum atomic E-state index is 13.5. The molecule has 10 heteroatoms. The minimum absolute atomic E-state index is 0.111. The van der Waals surface area contributed by atoms with Gasteiger partial charge in [-0.15, -0.1) is 0 Å². The highest BCUT2D eigenvalue weighted by Crippen LogP contribution is 2.47. The number of rotatable bonds is 12. The minimum Gasteiger partial charge on any atom is -0.507 e. The summed E-state index contributed by atoms with van der Waals surface area (Å²) in [5.41, 5.74) is 3.40. The van der Waals surface area contributed by atoms with Crippen molar-refractivity contribution in [1.82, 2.24) is 9.88 Å². The van der Waals surface area contributed by atoms with Crippen LogP contribution >= 0.6 is 15.9 Å². The number of imide groups is 1. The fourth-order valence-corrected chi connectivity index (χ4v) is 13.2. The molecule has 0 unspecified atom stereocenters. The van der Waals surface area contributed by atoms with Gasteiger partial charge in [-0.2, -0.15) is 0 Å². The van der Waals surface area contributed by atoms with Gasteiger partial charge in [-0.05, 0) is 87.8 Å². The predicted molar refractivity (Wildman–Crippen MR) is 214 cm³/mol. The average molecular weight is 796 g/mol. The molecule has 3 aromatic carbocycles. The van der Waals surface area contributed by atoms with Gasteiger partial charge in [0.15, 0.2) is 0 Å². The normalized spacial score (nSPS) is 20.2. The van der Waals surface area contributed by atoms with Crippen LogP contribution in [0.25, 0.3) is 11.6 Å². The van der Waals surface area contributed by atoms with E-state index in [1.165, 1.54) is 11.9 Å². The molecule has 0 spiro atoms. The zero-order chi connectivity index (χ0) is 37.9. The third kappa shape index (κ3) is 7.61. The summed E-state index contributed by atoms with van der Waals surface area (Å²) >= 11 is 3.49. The van der Waals surface area contributed by atoms with E-state index in [-0.39, 0.29) is 42.1 Å². The van der Waals surface area contributed by atoms with Gasteiger partial charge < -0.3 is 19.7 Å². The number of aliphatic hydroxyl groups is 2. The average Bonchev–Trinajstić information content (AvgIpc) is 3.37. The third-order valence-corrected chi connectivity index (χ3v) is 16.3. The Morgan fingerprint density at radius 2 is 1.62 bits per heavy atom. The number of hydrogen-bond donors (Lipinski definition) is 3. The summed E-state index contributed by atoms with van der Waals surface area (Å²) in [4.78, 5) is 32.8. The van der Waals surface area contributed by atoms with Crippen LogP contribution in [0.5, 0.6) is 5.75 Å². The molecule has 4 aromatic rings. The number of halogens is 1. The first-order valence-electron chi connectivity index (χ1n) is 18.0. The lowest BCUT2D eigenvalue weighted by molar-refractivity contribution is -0.138. The van der Waals surface area contributed by atoms with Gasteiger partial charge in [-0.3, -0.25) is 19.5 Å². The molecule has 2 aliphatic rings. The number of benzene rings is 3. The van der Waals surface area contributed by atoms with E-state index < -0.39 is 38.8 Å². The molecule has 0 saturated carbocycles. The van der Waals surface area contributed by atoms with E-state index in [4.69, 9.17) is 4.43 Å². The number of hydrogen-bond acceptors (Lipinski definition) is 7. The fourth-order valence-electron chi connectivity index (χ4n) is 8.31. The van der Waals surface area contributed by atoms with Crippen molar-refractivity contribution in [1.29, 1.82) is 0 Å². The zero-order valence-electron chi connectivity index (χ0n) is 30.6. The molecule has 8 nitrogen and oxygen atoms in total. The van der Waals surface area contributed by atoms with Crippen LogP contribution in [0.2, 0.25) is 5.04 Å². The molecular formula is C43H47BrN2O6Si. The van der Waals surface area contributed by atoms with E-state index in [1.54, 1.807) is 18.3 Å². The number of pyridine rings is 1. The van der Waals surface area contributed by atoms with Crippen molar-refractivity contribution in [3.05, 3.63) is 130 Å². The first kappa shape index (κ1) is 38.5. The van der Waals surface area contributed by atoms with Gasteiger partial charge in [0.05, 0.1) is 36.8 Å². The first-order chi connectivity index (χ1) is 25.4. The van der Waals surface area contributed by atoms with Crippen molar-refractivity contribution in [2.75, 3.05) is 20.3 Å². The Hall–Kier alpha value is -4.19. The molecule has 4 atom stereocenters. The van der Waals surface area contributed by atoms with E-state index in [0.717, 1.165) is 26.0 Å². The monoisotopic (exact) mass is 794 g/mol. The Kier molecular flexibility index (Phi) is 11.7. The molecule has 1 aromatic heterocycles. The lowest BCUT2D eigenvalue weighted by Crippen LogP contribution is -2.66. The Bertz CT molecular complexity index is 1960. The summed E-state index contributed by atoms with van der Waals surface area (Å²) < 4.78 is 8.15. The van der Waals surface area contributed by atoms with Gasteiger partial charge in [-0.1, -0.05) is 103 Å². The van der Waals surface area contributed by atoms with Crippen molar-refractivity contribution >= 4 is 58.1 Å². The van der Waals surface area contributed by atoms with Crippen LogP contribution in [0.1, 0.15) is 51.3 Å². The van der Waals surface area contributed by atoms with Crippen LogP contribution in [0, 0.1) is 17.8 Å². The molecule has 53 heavy (non-hydrogen) atoms. The van der Waals surface area contributed by atoms with Gasteiger partial charge >= 0.3 is 0 Å². The Morgan fingerprint density at radius 3 is 2.21 bits per heavy atom. The molecule has 0 bridgehead atoms. The van der Waals surface area contributed by atoms with Crippen LogP contribution in [0.3, 0.4) is 0 Å². The molecule has 3 N–H and O–H groups in total. The minimum atomic E-state index is -3.03. The van der Waals surface area contributed by atoms with Crippen molar-refractivity contribution in [2.24, 2.45) is 17.8 Å². The quantitative estimate of drug-likeness (QED) is 0.0870. The van der Waals surface area contributed by atoms with Crippen molar-refractivity contribution < 1.29 is 29.3 Å². The number of carbonyl (C=O) groups excluding carboxylic acids is 2. The smallest absolute Gasteiger partial charge is 0.261 e. The third-order valence-electron chi connectivity index (χ3n) is 10.8. The van der Waals surface area contributed by atoms with Crippen LogP contribution in [-0.4, -0.2) is 71.7 Å². The fraction of sp³-hybridized carbons (Fsp3) is 0.326. The second-order valence-corrected chi connectivity index (χ2v) is 20.2. The van der Waals surface area contributed by atoms with Crippen LogP contribution in [0.15, 0.2) is 119 Å². The standard InChI is InChI=1S/C43H47BrN2O6Si/c1-43(2,3)53(32-13-7-5-8-14-32,33-15-9-6-10-16-33)52-27-30-25-34-40(42(51)46(4)41(34)50)35(26-47)39(30)38(49)20-18-28(36-17-11-12-22-45-36)23-29-24-31(44)19-21-37(29)48/h5-17,19,21-24,34-35,38,40,47-49H,18,20,25-27H2,1-4H3/b28-23-/t34-,35+,38-,40-/m1/s1. The number of aliphatic hydroxyl groups excluding tert-OH is 2. The van der Waals surface area contributed by atoms with E-state index in [1.807, 2.05) is 66.7 Å². The van der Waals surface area contributed by atoms with Gasteiger partial charge in [0.25, 0.3) is 8.32 Å². The number of phenols is 1. The number of allylic oxidation sites excluding steroid dienone is 1. The number of aromatic nitrogens is 1. The highest BCUT2D eigenvalue weighted by molar-refractivity contribution is 9.10.